The van der Waals surface area contributed by atoms with Gasteiger partial charge in [-0.05, 0) is 83.1 Å². The van der Waals surface area contributed by atoms with Crippen molar-refractivity contribution in [3.05, 3.63) is 0 Å². The van der Waals surface area contributed by atoms with E-state index in [1.165, 1.54) is 12.3 Å². The summed E-state index contributed by atoms with van der Waals surface area (Å²) in [6.07, 6.45) is 2.47. The van der Waals surface area contributed by atoms with Crippen LogP contribution in [0.15, 0.2) is 0 Å². The molecule has 0 aliphatic rings. The number of rotatable bonds is 4. The number of hydrogen-bond acceptors (Lipinski definition) is 2. The molecule has 0 saturated heterocycles. The van der Waals surface area contributed by atoms with Crippen molar-refractivity contribution in [2.45, 2.75) is 104 Å². The van der Waals surface area contributed by atoms with Gasteiger partial charge < -0.3 is 11.5 Å². The minimum atomic E-state index is -0.352. The van der Waals surface area contributed by atoms with Gasteiger partial charge in [-0.3, -0.25) is 0 Å². The summed E-state index contributed by atoms with van der Waals surface area (Å²) in [6, 6.07) is 0. The van der Waals surface area contributed by atoms with Gasteiger partial charge in [0, 0.05) is 28.9 Å². The van der Waals surface area contributed by atoms with E-state index in [0.29, 0.717) is 20.6 Å². The maximum atomic E-state index is 5.65. The summed E-state index contributed by atoms with van der Waals surface area (Å²) in [5, 5.41) is 1.90. The zero-order valence-corrected chi connectivity index (χ0v) is 25.3. The number of hydrogen-bond donors (Lipinski definition) is 2. The Morgan fingerprint density at radius 2 is 0.704 bits per heavy atom. The van der Waals surface area contributed by atoms with Gasteiger partial charge in [-0.1, -0.05) is 0 Å². The van der Waals surface area contributed by atoms with Crippen molar-refractivity contribution in [2.75, 3.05) is 25.4 Å². The summed E-state index contributed by atoms with van der Waals surface area (Å²) in [7, 11) is 9.00. The van der Waals surface area contributed by atoms with Crippen LogP contribution in [0.2, 0.25) is 0 Å². The van der Waals surface area contributed by atoms with E-state index >= 15 is 0 Å². The Morgan fingerprint density at radius 1 is 0.556 bits per heavy atom. The van der Waals surface area contributed by atoms with Crippen molar-refractivity contribution < 1.29 is 15.1 Å². The van der Waals surface area contributed by atoms with Crippen LogP contribution in [0.5, 0.6) is 0 Å². The first kappa shape index (κ1) is 33.6. The van der Waals surface area contributed by atoms with Gasteiger partial charge >= 0.3 is 34.5 Å². The van der Waals surface area contributed by atoms with Gasteiger partial charge in [0.2, 0.25) is 0 Å². The molecule has 0 rings (SSSR count). The molecule has 0 saturated carbocycles. The molecule has 0 heterocycles. The molecule has 2 nitrogen and oxygen atoms in total. The fourth-order valence-electron chi connectivity index (χ4n) is 4.04. The van der Waals surface area contributed by atoms with E-state index in [4.69, 9.17) is 30.8 Å². The van der Waals surface area contributed by atoms with Gasteiger partial charge in [0.05, 0.1) is 32.9 Å². The molecule has 168 valence electrons. The summed E-state index contributed by atoms with van der Waals surface area (Å²) >= 11 is -0.346. The topological polar surface area (TPSA) is 52.0 Å². The van der Waals surface area contributed by atoms with Gasteiger partial charge in [-0.15, -0.1) is 0 Å². The van der Waals surface area contributed by atoms with Gasteiger partial charge in [-0.25, -0.2) is 0 Å². The van der Waals surface area contributed by atoms with Crippen LogP contribution in [0.1, 0.15) is 83.1 Å². The van der Waals surface area contributed by atoms with E-state index in [9.17, 15) is 0 Å². The molecule has 7 heteroatoms. The number of nitrogens with two attached hydrogens (primary N) is 2. The molecule has 4 N–H and O–H groups in total. The van der Waals surface area contributed by atoms with E-state index in [1.54, 1.807) is 0 Å². The van der Waals surface area contributed by atoms with Crippen LogP contribution in [-0.4, -0.2) is 46.0 Å². The third-order valence-corrected chi connectivity index (χ3v) is 13.2. The molecule has 0 aromatic carbocycles. The summed E-state index contributed by atoms with van der Waals surface area (Å²) in [5.41, 5.74) is 11.3. The fraction of sp³-hybridized carbons (Fsp3) is 1.00. The fourth-order valence-corrected chi connectivity index (χ4v) is 12.1. The minimum absolute atomic E-state index is 0.346. The van der Waals surface area contributed by atoms with E-state index in [0.717, 1.165) is 13.1 Å². The van der Waals surface area contributed by atoms with E-state index in [-0.39, 0.29) is 31.0 Å². The quantitative estimate of drug-likeness (QED) is 0.295. The first-order chi connectivity index (χ1) is 11.8. The van der Waals surface area contributed by atoms with Crippen molar-refractivity contribution >= 4 is 35.2 Å². The molecule has 0 radical (unpaired) electrons. The predicted octanol–water partition coefficient (Wildman–Crippen LogP) is 6.89. The van der Waals surface area contributed by atoms with Crippen LogP contribution in [0.3, 0.4) is 0 Å². The van der Waals surface area contributed by atoms with E-state index < -0.39 is 0 Å². The third kappa shape index (κ3) is 18.5. The molecule has 0 bridgehead atoms. The molecule has 0 spiro atoms. The van der Waals surface area contributed by atoms with Crippen LogP contribution >= 0.6 is 35.2 Å². The molecule has 0 fully saturated rings. The van der Waals surface area contributed by atoms with Crippen molar-refractivity contribution in [3.8, 4) is 0 Å². The van der Waals surface area contributed by atoms with Gasteiger partial charge in [0.25, 0.3) is 0 Å². The van der Waals surface area contributed by atoms with Crippen molar-refractivity contribution in [2.24, 2.45) is 11.5 Å². The normalized spacial score (nSPS) is 13.1. The molecule has 0 amide bonds. The molecule has 0 unspecified atom stereocenters. The third-order valence-electron chi connectivity index (χ3n) is 4.41. The van der Waals surface area contributed by atoms with Crippen LogP contribution < -0.4 is 11.5 Å². The predicted molar refractivity (Wildman–Crippen MR) is 135 cm³/mol. The first-order valence-corrected chi connectivity index (χ1v) is 17.7. The average Bonchev–Trinajstić information content (AvgIpc) is 2.38. The molecule has 27 heavy (non-hydrogen) atoms. The molecular weight excluding hydrogens is 502 g/mol. The summed E-state index contributed by atoms with van der Waals surface area (Å²) in [6.45, 7) is 29.9. The Morgan fingerprint density at radius 3 is 0.741 bits per heavy atom. The monoisotopic (exact) mass is 552 g/mol. The Bertz CT molecular complexity index is 295. The van der Waals surface area contributed by atoms with Gasteiger partial charge in [0.15, 0.2) is 0 Å². The summed E-state index contributed by atoms with van der Waals surface area (Å²) in [4.78, 5) is 0. The SMILES string of the molecule is CC(C)(C)[PH+](CCN)C(C)(C)C.CC(C)(C)[PH+](CCN)C(C)(C)C.[Cl][Ru+2][Cl]. The zero-order chi connectivity index (χ0) is 22.7. The van der Waals surface area contributed by atoms with E-state index in [2.05, 4.69) is 83.1 Å². The Kier molecular flexibility index (Phi) is 18.5. The van der Waals surface area contributed by atoms with E-state index in [1.807, 2.05) is 0 Å². The first-order valence-electron chi connectivity index (χ1n) is 9.79. The van der Waals surface area contributed by atoms with Crippen LogP contribution in [0.4, 0.5) is 0 Å². The van der Waals surface area contributed by atoms with Crippen LogP contribution in [0.25, 0.3) is 0 Å². The van der Waals surface area contributed by atoms with Crippen LogP contribution in [-0.2, 0) is 15.1 Å². The average molecular weight is 553 g/mol. The Balaban J connectivity index is -0.000000372. The van der Waals surface area contributed by atoms with Crippen molar-refractivity contribution in [3.63, 3.8) is 0 Å². The zero-order valence-electron chi connectivity index (χ0n) is 20.1. The Hall–Kier alpha value is 1.98. The van der Waals surface area contributed by atoms with Gasteiger partial charge in [0.1, 0.15) is 0 Å². The summed E-state index contributed by atoms with van der Waals surface area (Å²) in [5.74, 6) is 0. The second kappa shape index (κ2) is 14.9. The van der Waals surface area contributed by atoms with Crippen molar-refractivity contribution in [1.82, 2.24) is 0 Å². The maximum absolute atomic E-state index is 5.65. The Labute approximate surface area is 190 Å². The second-order valence-corrected chi connectivity index (χ2v) is 22.6. The van der Waals surface area contributed by atoms with Crippen LogP contribution in [0, 0.1) is 0 Å². The molecule has 0 aliphatic carbocycles. The molecule has 0 atom stereocenters. The molecular formula is C20H50Cl2N2P2Ru+4. The van der Waals surface area contributed by atoms with Gasteiger partial charge in [-0.2, -0.15) is 0 Å². The summed E-state index contributed by atoms with van der Waals surface area (Å²) < 4.78 is 0. The number of halogens is 2. The standard InChI is InChI=1S/2C10H24NP.2ClH.Ru/c2*1-9(2,3)12(8-7-11)10(4,5)6;;;/h2*7-8,11H2,1-6H3;2*1H;/q;;;;+4. The second-order valence-electron chi connectivity index (χ2n) is 11.1. The molecule has 0 aliphatic heterocycles. The molecule has 0 aromatic heterocycles. The van der Waals surface area contributed by atoms with Crippen molar-refractivity contribution in [1.29, 1.82) is 0 Å². The molecule has 0 aromatic rings.